The maximum absolute atomic E-state index is 12.1. The lowest BCUT2D eigenvalue weighted by Gasteiger charge is -2.33. The van der Waals surface area contributed by atoms with Crippen molar-refractivity contribution < 1.29 is 28.8 Å². The molecule has 0 spiro atoms. The van der Waals surface area contributed by atoms with Crippen LogP contribution in [0.5, 0.6) is 17.2 Å². The molecule has 1 aromatic heterocycles. The highest BCUT2D eigenvalue weighted by molar-refractivity contribution is 6.32. The van der Waals surface area contributed by atoms with Crippen LogP contribution in [0.3, 0.4) is 0 Å². The van der Waals surface area contributed by atoms with E-state index in [0.717, 1.165) is 96.8 Å². The summed E-state index contributed by atoms with van der Waals surface area (Å²) in [5, 5.41) is 19.7. The van der Waals surface area contributed by atoms with Crippen LogP contribution in [0.2, 0.25) is 5.02 Å². The molecule has 10 nitrogen and oxygen atoms in total. The third kappa shape index (κ3) is 9.25. The Bertz CT molecular complexity index is 2020. The van der Waals surface area contributed by atoms with E-state index in [9.17, 15) is 15.2 Å². The molecule has 3 aliphatic heterocycles. The number of carbonyl (C=O) groups is 1. The van der Waals surface area contributed by atoms with E-state index < -0.39 is 12.0 Å². The number of fused-ring (bicyclic) bond motifs is 1. The molecule has 4 aromatic rings. The Morgan fingerprint density at radius 1 is 0.927 bits per heavy atom. The van der Waals surface area contributed by atoms with Crippen LogP contribution in [0, 0.1) is 37.0 Å². The molecule has 3 aromatic carbocycles. The largest absolute Gasteiger partial charge is 0.493 e. The number of rotatable bonds is 15. The number of aliphatic carboxylic acids is 1. The molecule has 7 rings (SSSR count). The van der Waals surface area contributed by atoms with Crippen LogP contribution in [0.25, 0.3) is 11.1 Å². The van der Waals surface area contributed by atoms with E-state index in [2.05, 4.69) is 54.1 Å². The highest BCUT2D eigenvalue weighted by atomic mass is 35.5. The molecule has 3 atom stereocenters. The van der Waals surface area contributed by atoms with E-state index in [0.29, 0.717) is 60.0 Å². The topological polar surface area (TPSA) is 117 Å². The Balaban J connectivity index is 1.05. The molecule has 0 aliphatic carbocycles. The zero-order valence-electron chi connectivity index (χ0n) is 31.6. The van der Waals surface area contributed by atoms with E-state index in [4.69, 9.17) is 30.5 Å². The van der Waals surface area contributed by atoms with E-state index in [1.54, 1.807) is 18.3 Å². The molecule has 1 N–H and O–H groups in total. The lowest BCUT2D eigenvalue weighted by molar-refractivity contribution is -0.144. The van der Waals surface area contributed by atoms with Gasteiger partial charge in [0.1, 0.15) is 42.6 Å². The smallest absolute Gasteiger partial charge is 0.320 e. The van der Waals surface area contributed by atoms with E-state index in [1.165, 1.54) is 6.20 Å². The van der Waals surface area contributed by atoms with E-state index >= 15 is 0 Å². The van der Waals surface area contributed by atoms with Crippen LogP contribution in [-0.4, -0.2) is 77.9 Å². The Kier molecular flexibility index (Phi) is 12.5. The highest BCUT2D eigenvalue weighted by Crippen LogP contribution is 2.37. The summed E-state index contributed by atoms with van der Waals surface area (Å²) in [6.07, 6.45) is 6.55. The molecular weight excluding hydrogens is 716 g/mol. The molecule has 3 fully saturated rings. The molecular formula is C44H49ClN4O6. The number of aromatic nitrogens is 1. The zero-order chi connectivity index (χ0) is 38.3. The SMILES string of the molecule is Cc1c(COc2cc(OCc3cncc(C#N)c3)c(CN3CCCC[C@H]3C(=O)O)cc2Cl)cccc1-c1cccc(OCCCN2CC3COCC3C2)c1C. The Hall–Kier alpha value is -4.66. The number of hydrogen-bond donors (Lipinski definition) is 1. The van der Waals surface area contributed by atoms with Gasteiger partial charge in [-0.15, -0.1) is 0 Å². The Morgan fingerprint density at radius 3 is 2.47 bits per heavy atom. The number of likely N-dealkylation sites (tertiary alicyclic amines) is 2. The fraction of sp³-hybridized carbons (Fsp3) is 0.432. The van der Waals surface area contributed by atoms with Gasteiger partial charge in [0.2, 0.25) is 0 Å². The van der Waals surface area contributed by atoms with Crippen molar-refractivity contribution in [3.05, 3.63) is 105 Å². The van der Waals surface area contributed by atoms with Crippen molar-refractivity contribution in [2.75, 3.05) is 46.0 Å². The minimum Gasteiger partial charge on any atom is -0.493 e. The fourth-order valence-electron chi connectivity index (χ4n) is 8.20. The van der Waals surface area contributed by atoms with Gasteiger partial charge >= 0.3 is 5.97 Å². The predicted molar refractivity (Wildman–Crippen MR) is 210 cm³/mol. The summed E-state index contributed by atoms with van der Waals surface area (Å²) in [5.74, 6) is 2.46. The minimum absolute atomic E-state index is 0.164. The number of nitrogens with zero attached hydrogens (tertiary/aromatic N) is 4. The summed E-state index contributed by atoms with van der Waals surface area (Å²) in [6, 6.07) is 19.4. The average Bonchev–Trinajstić information content (AvgIpc) is 3.80. The van der Waals surface area contributed by atoms with Crippen LogP contribution < -0.4 is 14.2 Å². The molecule has 0 saturated carbocycles. The summed E-state index contributed by atoms with van der Waals surface area (Å²) < 4.78 is 24.7. The van der Waals surface area contributed by atoms with Gasteiger partial charge in [0.25, 0.3) is 0 Å². The number of benzene rings is 3. The van der Waals surface area contributed by atoms with E-state index in [-0.39, 0.29) is 13.2 Å². The molecule has 0 radical (unpaired) electrons. The maximum Gasteiger partial charge on any atom is 0.320 e. The van der Waals surface area contributed by atoms with Crippen molar-refractivity contribution in [1.29, 1.82) is 5.26 Å². The first kappa shape index (κ1) is 38.6. The van der Waals surface area contributed by atoms with Crippen LogP contribution in [0.4, 0.5) is 0 Å². The van der Waals surface area contributed by atoms with Crippen molar-refractivity contribution in [2.24, 2.45) is 11.8 Å². The van der Waals surface area contributed by atoms with Crippen LogP contribution >= 0.6 is 11.6 Å². The average molecular weight is 765 g/mol. The van der Waals surface area contributed by atoms with Crippen LogP contribution in [0.15, 0.2) is 67.0 Å². The monoisotopic (exact) mass is 764 g/mol. The summed E-state index contributed by atoms with van der Waals surface area (Å²) in [5.41, 5.74) is 7.40. The summed E-state index contributed by atoms with van der Waals surface area (Å²) in [6.45, 7) is 11.5. The second-order valence-corrected chi connectivity index (χ2v) is 15.4. The van der Waals surface area contributed by atoms with Crippen LogP contribution in [0.1, 0.15) is 59.1 Å². The molecule has 2 unspecified atom stereocenters. The highest BCUT2D eigenvalue weighted by Gasteiger charge is 2.36. The van der Waals surface area contributed by atoms with Gasteiger partial charge in [-0.2, -0.15) is 5.26 Å². The lowest BCUT2D eigenvalue weighted by atomic mass is 9.93. The quantitative estimate of drug-likeness (QED) is 0.120. The van der Waals surface area contributed by atoms with Gasteiger partial charge in [0.05, 0.1) is 30.4 Å². The number of nitriles is 1. The summed E-state index contributed by atoms with van der Waals surface area (Å²) >= 11 is 6.87. The summed E-state index contributed by atoms with van der Waals surface area (Å²) in [4.78, 5) is 20.8. The van der Waals surface area contributed by atoms with Crippen molar-refractivity contribution >= 4 is 17.6 Å². The normalized spacial score (nSPS) is 19.9. The van der Waals surface area contributed by atoms with Crippen molar-refractivity contribution in [2.45, 2.75) is 65.3 Å². The molecule has 288 valence electrons. The number of ether oxygens (including phenoxy) is 4. The number of hydrogen-bond acceptors (Lipinski definition) is 9. The molecule has 55 heavy (non-hydrogen) atoms. The second kappa shape index (κ2) is 17.9. The van der Waals surface area contributed by atoms with Crippen molar-refractivity contribution in [3.8, 4) is 34.4 Å². The third-order valence-electron chi connectivity index (χ3n) is 11.3. The number of piperidine rings is 1. The van der Waals surface area contributed by atoms with Gasteiger partial charge in [0, 0.05) is 67.6 Å². The Labute approximate surface area is 328 Å². The number of carboxylic acids is 1. The van der Waals surface area contributed by atoms with Crippen molar-refractivity contribution in [1.82, 2.24) is 14.8 Å². The number of carboxylic acid groups (broad SMARTS) is 1. The summed E-state index contributed by atoms with van der Waals surface area (Å²) in [7, 11) is 0. The van der Waals surface area contributed by atoms with Gasteiger partial charge in [-0.3, -0.25) is 14.7 Å². The van der Waals surface area contributed by atoms with Crippen molar-refractivity contribution in [3.63, 3.8) is 0 Å². The van der Waals surface area contributed by atoms with Gasteiger partial charge in [0.15, 0.2) is 0 Å². The first-order chi connectivity index (χ1) is 26.8. The second-order valence-electron chi connectivity index (χ2n) is 15.0. The van der Waals surface area contributed by atoms with Gasteiger partial charge in [-0.25, -0.2) is 0 Å². The van der Waals surface area contributed by atoms with Gasteiger partial charge < -0.3 is 29.0 Å². The van der Waals surface area contributed by atoms with Gasteiger partial charge in [-0.1, -0.05) is 48.4 Å². The maximum atomic E-state index is 12.1. The first-order valence-corrected chi connectivity index (χ1v) is 19.7. The first-order valence-electron chi connectivity index (χ1n) is 19.3. The molecule has 0 amide bonds. The molecule has 0 bridgehead atoms. The van der Waals surface area contributed by atoms with Gasteiger partial charge in [-0.05, 0) is 85.7 Å². The molecule has 4 heterocycles. The lowest BCUT2D eigenvalue weighted by Crippen LogP contribution is -2.44. The number of pyridine rings is 1. The predicted octanol–water partition coefficient (Wildman–Crippen LogP) is 7.83. The zero-order valence-corrected chi connectivity index (χ0v) is 32.4. The Morgan fingerprint density at radius 2 is 1.69 bits per heavy atom. The minimum atomic E-state index is -0.828. The van der Waals surface area contributed by atoms with Crippen LogP contribution in [-0.2, 0) is 29.3 Å². The molecule has 3 aliphatic rings. The molecule has 3 saturated heterocycles. The third-order valence-corrected chi connectivity index (χ3v) is 11.6. The fourth-order valence-corrected chi connectivity index (χ4v) is 8.44. The standard InChI is InChI=1S/C44H49ClN4O6/c1-29-33(8-5-9-37(29)38-10-6-12-41(30(38)2)53-15-7-13-48-22-35-26-52-27-36(35)23-48)28-55-43-18-42(54-25-32-16-31(19-46)20-47-21-32)34(17-39(43)45)24-49-14-4-3-11-40(49)44(50)51/h5-6,8-10,12,16-18,20-21,35-36,40H,3-4,7,11,13-15,22-28H2,1-2H3,(H,50,51)/t35?,36?,40-/m0/s1. The van der Waals surface area contributed by atoms with E-state index in [1.807, 2.05) is 23.1 Å². The number of halogens is 1. The molecule has 11 heteroatoms.